The lowest BCUT2D eigenvalue weighted by atomic mass is 9.83. The second-order valence-electron chi connectivity index (χ2n) is 12.9. The molecule has 0 fully saturated rings. The number of amides is 2. The van der Waals surface area contributed by atoms with Crippen molar-refractivity contribution in [2.45, 2.75) is 70.1 Å². The summed E-state index contributed by atoms with van der Waals surface area (Å²) in [6.07, 6.45) is -6.93. The first kappa shape index (κ1) is 37.2. The van der Waals surface area contributed by atoms with Gasteiger partial charge in [-0.2, -0.15) is 13.2 Å². The molecule has 0 radical (unpaired) electrons. The molecular weight excluding hydrogens is 654 g/mol. The maximum Gasteiger partial charge on any atom is 0.424 e. The summed E-state index contributed by atoms with van der Waals surface area (Å²) in [6, 6.07) is 9.57. The SMILES string of the molecule is COc1cc(C(=O)NCC(O)(c2cc3c(c(-c4ccc(F)cc4)n2)OCC[C@]3(C)NC(=O)OC(C)(C)C)C(F)(F)F)ccc1OC[C@@H](C)O. The Hall–Kier alpha value is -4.63. The number of methoxy groups -OCH3 is 1. The number of aliphatic hydroxyl groups excluding tert-OH is 1. The minimum Gasteiger partial charge on any atom is -0.493 e. The van der Waals surface area contributed by atoms with Crippen LogP contribution < -0.4 is 24.8 Å². The topological polar surface area (TPSA) is 148 Å². The van der Waals surface area contributed by atoms with Crippen molar-refractivity contribution in [3.8, 4) is 28.5 Å². The van der Waals surface area contributed by atoms with Gasteiger partial charge in [-0.05, 0) is 83.1 Å². The molecule has 3 aromatic rings. The van der Waals surface area contributed by atoms with E-state index in [4.69, 9.17) is 18.9 Å². The molecule has 1 aromatic heterocycles. The largest absolute Gasteiger partial charge is 0.493 e. The van der Waals surface area contributed by atoms with E-state index in [0.717, 1.165) is 18.2 Å². The molecule has 1 aliphatic heterocycles. The Morgan fingerprint density at radius 3 is 2.35 bits per heavy atom. The molecule has 0 saturated carbocycles. The number of fused-ring (bicyclic) bond motifs is 1. The standard InChI is InChI=1S/C34H39F4N3O8/c1-19(42)17-48-24-12-9-21(15-25(24)46-6)29(43)39-18-33(45,34(36,37)38)26-16-23-28(27(40-26)20-7-10-22(35)11-8-20)47-14-13-32(23,5)41-30(44)49-31(2,3)4/h7-12,15-16,19,42,45H,13-14,17-18H2,1-6H3,(H,39,43)(H,41,44)/t19-,32+,33?/m1/s1. The fourth-order valence-electron chi connectivity index (χ4n) is 5.04. The summed E-state index contributed by atoms with van der Waals surface area (Å²) >= 11 is 0. The molecule has 2 aromatic carbocycles. The molecule has 15 heteroatoms. The maximum absolute atomic E-state index is 14.9. The van der Waals surface area contributed by atoms with Crippen LogP contribution in [0.2, 0.25) is 0 Å². The highest BCUT2D eigenvalue weighted by Gasteiger charge is 2.57. The number of rotatable bonds is 10. The van der Waals surface area contributed by atoms with Crippen molar-refractivity contribution in [3.63, 3.8) is 0 Å². The minimum absolute atomic E-state index is 0.0127. The zero-order valence-corrected chi connectivity index (χ0v) is 27.8. The van der Waals surface area contributed by atoms with Crippen LogP contribution in [-0.4, -0.2) is 71.9 Å². The summed E-state index contributed by atoms with van der Waals surface area (Å²) in [4.78, 5) is 30.2. The molecular formula is C34H39F4N3O8. The van der Waals surface area contributed by atoms with Gasteiger partial charge in [0.25, 0.3) is 5.91 Å². The molecule has 1 unspecified atom stereocenters. The van der Waals surface area contributed by atoms with Crippen molar-refractivity contribution in [3.05, 3.63) is 71.2 Å². The molecule has 266 valence electrons. The first-order chi connectivity index (χ1) is 22.8. The Labute approximate surface area is 280 Å². The van der Waals surface area contributed by atoms with Gasteiger partial charge in [0, 0.05) is 23.1 Å². The lowest BCUT2D eigenvalue weighted by Crippen LogP contribution is -2.52. The number of aliphatic hydroxyl groups is 2. The van der Waals surface area contributed by atoms with Crippen LogP contribution in [0.1, 0.15) is 62.7 Å². The first-order valence-electron chi connectivity index (χ1n) is 15.3. The Bertz CT molecular complexity index is 1680. The second-order valence-corrected chi connectivity index (χ2v) is 12.9. The molecule has 11 nitrogen and oxygen atoms in total. The Balaban J connectivity index is 1.78. The van der Waals surface area contributed by atoms with Crippen LogP contribution in [0.25, 0.3) is 11.3 Å². The first-order valence-corrected chi connectivity index (χ1v) is 15.3. The lowest BCUT2D eigenvalue weighted by Gasteiger charge is -2.39. The van der Waals surface area contributed by atoms with Crippen LogP contribution in [0.3, 0.4) is 0 Å². The number of halogens is 4. The number of pyridine rings is 1. The number of nitrogens with zero attached hydrogens (tertiary/aromatic N) is 1. The smallest absolute Gasteiger partial charge is 0.424 e. The fourth-order valence-corrected chi connectivity index (χ4v) is 5.04. The van der Waals surface area contributed by atoms with Crippen LogP contribution in [0.4, 0.5) is 22.4 Å². The number of ether oxygens (including phenoxy) is 4. The zero-order valence-electron chi connectivity index (χ0n) is 27.8. The maximum atomic E-state index is 14.9. The number of nitrogens with one attached hydrogen (secondary N) is 2. The van der Waals surface area contributed by atoms with E-state index in [1.807, 2.05) is 0 Å². The number of carbonyl (C=O) groups is 2. The highest BCUT2D eigenvalue weighted by Crippen LogP contribution is 2.46. The average molecular weight is 694 g/mol. The van der Waals surface area contributed by atoms with Gasteiger partial charge in [0.15, 0.2) is 17.2 Å². The van der Waals surface area contributed by atoms with E-state index in [2.05, 4.69) is 15.6 Å². The third-order valence-electron chi connectivity index (χ3n) is 7.61. The van der Waals surface area contributed by atoms with E-state index in [1.165, 1.54) is 44.4 Å². The van der Waals surface area contributed by atoms with Gasteiger partial charge in [0.05, 0.1) is 37.6 Å². The monoisotopic (exact) mass is 693 g/mol. The fraction of sp³-hybridized carbons (Fsp3) is 0.441. The van der Waals surface area contributed by atoms with Gasteiger partial charge < -0.3 is 39.8 Å². The molecule has 0 aliphatic carbocycles. The van der Waals surface area contributed by atoms with Crippen LogP contribution >= 0.6 is 0 Å². The van der Waals surface area contributed by atoms with Gasteiger partial charge >= 0.3 is 12.3 Å². The van der Waals surface area contributed by atoms with Crippen molar-refractivity contribution in [1.29, 1.82) is 0 Å². The van der Waals surface area contributed by atoms with Gasteiger partial charge in [-0.1, -0.05) is 0 Å². The van der Waals surface area contributed by atoms with Crippen LogP contribution in [0.15, 0.2) is 48.5 Å². The molecule has 49 heavy (non-hydrogen) atoms. The Morgan fingerprint density at radius 1 is 1.08 bits per heavy atom. The normalized spacial score (nSPS) is 17.9. The zero-order chi connectivity index (χ0) is 36.4. The number of hydrogen-bond acceptors (Lipinski definition) is 9. The van der Waals surface area contributed by atoms with Crippen LogP contribution in [-0.2, 0) is 15.9 Å². The molecule has 2 heterocycles. The van der Waals surface area contributed by atoms with E-state index in [1.54, 1.807) is 27.7 Å². The number of alkyl halides is 3. The number of aromatic nitrogens is 1. The molecule has 4 rings (SSSR count). The van der Waals surface area contributed by atoms with E-state index in [9.17, 15) is 37.4 Å². The van der Waals surface area contributed by atoms with Crippen molar-refractivity contribution < 1.29 is 56.3 Å². The lowest BCUT2D eigenvalue weighted by molar-refractivity contribution is -0.265. The number of hydrogen-bond donors (Lipinski definition) is 4. The van der Waals surface area contributed by atoms with Crippen LogP contribution in [0, 0.1) is 5.82 Å². The summed E-state index contributed by atoms with van der Waals surface area (Å²) in [5, 5.41) is 25.8. The second kappa shape index (κ2) is 14.1. The number of benzene rings is 2. The highest BCUT2D eigenvalue weighted by molar-refractivity contribution is 5.95. The van der Waals surface area contributed by atoms with E-state index in [0.29, 0.717) is 0 Å². The van der Waals surface area contributed by atoms with Gasteiger partial charge in [-0.15, -0.1) is 0 Å². The third kappa shape index (κ3) is 8.51. The summed E-state index contributed by atoms with van der Waals surface area (Å²) in [7, 11) is 1.30. The molecule has 3 atom stereocenters. The molecule has 2 amide bonds. The van der Waals surface area contributed by atoms with E-state index in [-0.39, 0.29) is 59.3 Å². The van der Waals surface area contributed by atoms with Crippen molar-refractivity contribution >= 4 is 12.0 Å². The number of carbonyl (C=O) groups excluding carboxylic acids is 2. The summed E-state index contributed by atoms with van der Waals surface area (Å²) < 4.78 is 80.5. The van der Waals surface area contributed by atoms with E-state index >= 15 is 0 Å². The highest BCUT2D eigenvalue weighted by atomic mass is 19.4. The molecule has 1 aliphatic rings. The van der Waals surface area contributed by atoms with Gasteiger partial charge in [0.2, 0.25) is 5.60 Å². The van der Waals surface area contributed by atoms with Crippen molar-refractivity contribution in [1.82, 2.24) is 15.6 Å². The van der Waals surface area contributed by atoms with Gasteiger partial charge in [-0.3, -0.25) is 4.79 Å². The Morgan fingerprint density at radius 2 is 1.76 bits per heavy atom. The van der Waals surface area contributed by atoms with Crippen molar-refractivity contribution in [2.24, 2.45) is 0 Å². The van der Waals surface area contributed by atoms with Gasteiger partial charge in [0.1, 0.15) is 23.7 Å². The summed E-state index contributed by atoms with van der Waals surface area (Å²) in [5.41, 5.74) is -7.00. The summed E-state index contributed by atoms with van der Waals surface area (Å²) in [5.74, 6) is -1.32. The van der Waals surface area contributed by atoms with Crippen molar-refractivity contribution in [2.75, 3.05) is 26.9 Å². The Kier molecular flexibility index (Phi) is 10.7. The molecule has 0 spiro atoms. The number of alkyl carbamates (subject to hydrolysis) is 1. The predicted molar refractivity (Wildman–Crippen MR) is 169 cm³/mol. The van der Waals surface area contributed by atoms with Gasteiger partial charge in [-0.25, -0.2) is 14.2 Å². The summed E-state index contributed by atoms with van der Waals surface area (Å²) in [6.45, 7) is 6.59. The molecule has 4 N–H and O–H groups in total. The third-order valence-corrected chi connectivity index (χ3v) is 7.61. The predicted octanol–water partition coefficient (Wildman–Crippen LogP) is 5.36. The molecule has 0 saturated heterocycles. The minimum atomic E-state index is -5.39. The van der Waals surface area contributed by atoms with E-state index < -0.39 is 59.1 Å². The molecule has 0 bridgehead atoms. The average Bonchev–Trinajstić information content (AvgIpc) is 3.00. The van der Waals surface area contributed by atoms with Crippen LogP contribution in [0.5, 0.6) is 17.2 Å². The quantitative estimate of drug-likeness (QED) is 0.206.